The van der Waals surface area contributed by atoms with E-state index in [1.807, 2.05) is 0 Å². The predicted octanol–water partition coefficient (Wildman–Crippen LogP) is -2.90. The molecule has 5 aliphatic heterocycles. The van der Waals surface area contributed by atoms with Crippen LogP contribution in [0.2, 0.25) is 0 Å². The average molecular weight is 1850 g/mol. The molecule has 0 aromatic rings. The lowest BCUT2D eigenvalue weighted by Crippen LogP contribution is -2.72. The third-order valence-corrected chi connectivity index (χ3v) is 24.8. The van der Waals surface area contributed by atoms with E-state index in [0.29, 0.717) is 31.6 Å². The van der Waals surface area contributed by atoms with Gasteiger partial charge in [0.2, 0.25) is 23.6 Å². The Balaban J connectivity index is 1.37. The van der Waals surface area contributed by atoms with Gasteiger partial charge in [-0.05, 0) is 18.8 Å². The van der Waals surface area contributed by atoms with Gasteiger partial charge in [-0.2, -0.15) is 0 Å². The van der Waals surface area contributed by atoms with Crippen LogP contribution >= 0.6 is 0 Å². The van der Waals surface area contributed by atoms with Crippen LogP contribution in [0, 0.1) is 5.92 Å². The van der Waals surface area contributed by atoms with E-state index < -0.39 is 295 Å². The molecular formula is C85H152N4O39. The van der Waals surface area contributed by atoms with Crippen LogP contribution in [0.15, 0.2) is 0 Å². The number of nitrogens with one attached hydrogen (secondary N) is 4. The number of ether oxygens (including phenoxy) is 10. The van der Waals surface area contributed by atoms with Crippen LogP contribution in [0.4, 0.5) is 0 Å². The summed E-state index contributed by atoms with van der Waals surface area (Å²) in [4.78, 5) is 95.3. The highest BCUT2D eigenvalue weighted by Gasteiger charge is 2.64. The lowest BCUT2D eigenvalue weighted by molar-refractivity contribution is -0.365. The molecule has 0 radical (unpaired) electrons. The van der Waals surface area contributed by atoms with Crippen molar-refractivity contribution < 1.29 is 193 Å². The first-order valence-corrected chi connectivity index (χ1v) is 45.8. The zero-order chi connectivity index (χ0) is 95.2. The van der Waals surface area contributed by atoms with E-state index >= 15 is 0 Å². The van der Waals surface area contributed by atoms with E-state index in [4.69, 9.17) is 47.4 Å². The van der Waals surface area contributed by atoms with Gasteiger partial charge < -0.3 is 181 Å². The number of aliphatic carboxylic acids is 3. The fourth-order valence-corrected chi connectivity index (χ4v) is 16.7. The van der Waals surface area contributed by atoms with E-state index in [2.05, 4.69) is 42.0 Å². The largest absolute Gasteiger partial charge is 0.477 e. The summed E-state index contributed by atoms with van der Waals surface area (Å²) >= 11 is 0. The molecule has 5 aliphatic rings. The van der Waals surface area contributed by atoms with Crippen molar-refractivity contribution in [1.29, 1.82) is 0 Å². The molecule has 5 rings (SSSR count). The summed E-state index contributed by atoms with van der Waals surface area (Å²) in [7, 11) is 0. The number of carbonyl (C=O) groups is 7. The van der Waals surface area contributed by atoms with Gasteiger partial charge in [-0.3, -0.25) is 19.2 Å². The third-order valence-electron chi connectivity index (χ3n) is 24.8. The molecule has 128 heavy (non-hydrogen) atoms. The van der Waals surface area contributed by atoms with Crippen molar-refractivity contribution in [1.82, 2.24) is 21.3 Å². The summed E-state index contributed by atoms with van der Waals surface area (Å²) in [5.41, 5.74) is 0. The van der Waals surface area contributed by atoms with Crippen molar-refractivity contribution in [2.75, 3.05) is 46.2 Å². The number of unbranched alkanes of at least 4 members (excludes halogenated alkanes) is 25. The number of carbonyl (C=O) groups excluding carboxylic acids is 4. The van der Waals surface area contributed by atoms with Gasteiger partial charge in [0.25, 0.3) is 17.4 Å². The molecule has 746 valence electrons. The van der Waals surface area contributed by atoms with Gasteiger partial charge in [-0.1, -0.05) is 207 Å². The first-order valence-electron chi connectivity index (χ1n) is 45.8. The van der Waals surface area contributed by atoms with Crippen molar-refractivity contribution in [2.24, 2.45) is 5.92 Å². The van der Waals surface area contributed by atoms with Gasteiger partial charge in [-0.25, -0.2) is 14.4 Å². The number of aliphatic hydroxyl groups excluding tert-OH is 19. The first-order chi connectivity index (χ1) is 60.7. The van der Waals surface area contributed by atoms with Crippen molar-refractivity contribution in [3.05, 3.63) is 0 Å². The second-order valence-corrected chi connectivity index (χ2v) is 35.2. The molecule has 43 nitrogen and oxygen atoms in total. The Kier molecular flexibility index (Phi) is 51.3. The molecule has 32 atom stereocenters. The van der Waals surface area contributed by atoms with E-state index in [1.54, 1.807) is 0 Å². The number of hydrogen-bond donors (Lipinski definition) is 26. The summed E-state index contributed by atoms with van der Waals surface area (Å²) in [6.07, 6.45) is -25.1. The average Bonchev–Trinajstić information content (AvgIpc) is 0.743. The Morgan fingerprint density at radius 2 is 0.859 bits per heavy atom. The van der Waals surface area contributed by atoms with Crippen LogP contribution in [0.3, 0.4) is 0 Å². The molecular weight excluding hydrogens is 1700 g/mol. The monoisotopic (exact) mass is 1850 g/mol. The number of aliphatic hydroxyl groups is 19. The van der Waals surface area contributed by atoms with Crippen molar-refractivity contribution in [2.45, 2.75) is 441 Å². The molecule has 0 aromatic carbocycles. The summed E-state index contributed by atoms with van der Waals surface area (Å²) in [6.45, 7) is -0.0823. The van der Waals surface area contributed by atoms with Crippen LogP contribution in [0.5, 0.6) is 0 Å². The maximum Gasteiger partial charge on any atom is 0.364 e. The van der Waals surface area contributed by atoms with Crippen LogP contribution in [0.1, 0.15) is 253 Å². The minimum Gasteiger partial charge on any atom is -0.477 e. The summed E-state index contributed by atoms with van der Waals surface area (Å²) in [5, 5.41) is 252. The standard InChI is InChI=1S/C85H152N4O39/c1-6-8-9-10-11-12-13-14-15-16-17-18-19-20-21-22-23-26-30-33-36-52(96)77(112)88-50(65(103)51(95)35-32-29-27-24-25-28-31-34-47(3)7-2)43-119-79-73(111)71(109)70(108)60(124-79)45-121-84(81(115)116)39-59(64(87-49(5)94)76(127-84)69(107)56(100)42-92)125-85(82(117)118)37-53(97)62(74(128-85)67(105)54(98)40-90)89-61(102)46-122-83(80(113)114)38-58(123-78-72(110)66(104)57(101)44-120-78)63(86-48(4)93)75(126-83)68(106)55(99)41-91/h47,50-60,62-76,78-79,90-92,95-101,103-111H,6-46H2,1-5H3,(H,86,93)(H,87,94)(H,88,112)(H,89,102)(H,113,114)(H,115,116)(H,117,118)/t47?,50-,51+,52+,53-,54+,55+,56+,57+,58-,59-,60+,62+,63+,64+,65-,66+,67+,68+,69+,70+,71-,72-,73+,74+,75+,76+,78-,79+,83+,84+,85+/m0/s1. The second-order valence-electron chi connectivity index (χ2n) is 35.2. The normalized spacial score (nSPS) is 31.9. The SMILES string of the molecule is CCCCCCCCCCCCCCCCCCCCCC[C@@H](O)C(=O)N[C@@H](CO[C@@H]1O[C@H](CO[C@]2(C(=O)O)C[C@H](O[C@]3(C(=O)O)C[C@H](O)[C@@H](NC(=O)CO[C@]4(C(=O)O)C[C@H](O[C@@H]5OC[C@@H](O)[C@@H](O)[C@@H]5O)[C@@H](NC(C)=O)[C@H]([C@H](O)[C@H](O)CO)O4)[C@H]([C@H](O)[C@H](O)CO)O3)[C@@H](NC(C)=O)[C@H]([C@H](O)[C@H](O)CO)O2)[C@@H](O)[C@H](O)[C@H]1O)[C@H](O)[C@H](O)CCCCCCCCCC(C)CC. The predicted molar refractivity (Wildman–Crippen MR) is 446 cm³/mol. The topological polar surface area (TPSA) is 705 Å². The van der Waals surface area contributed by atoms with E-state index in [9.17, 15) is 146 Å². The molecule has 0 saturated carbocycles. The van der Waals surface area contributed by atoms with Crippen molar-refractivity contribution in [3.8, 4) is 0 Å². The number of amides is 4. The van der Waals surface area contributed by atoms with E-state index in [1.165, 1.54) is 83.5 Å². The highest BCUT2D eigenvalue weighted by atomic mass is 16.8. The number of carboxylic acids is 3. The Hall–Kier alpha value is -4.87. The Morgan fingerprint density at radius 1 is 0.445 bits per heavy atom. The Labute approximate surface area is 746 Å². The Bertz CT molecular complexity index is 3200. The van der Waals surface area contributed by atoms with Crippen LogP contribution in [-0.2, 0) is 80.9 Å². The lowest BCUT2D eigenvalue weighted by atomic mass is 9.86. The highest BCUT2D eigenvalue weighted by molar-refractivity contribution is 5.82. The molecule has 0 aromatic heterocycles. The fourth-order valence-electron chi connectivity index (χ4n) is 16.7. The first kappa shape index (κ1) is 114. The molecule has 5 heterocycles. The molecule has 5 saturated heterocycles. The molecule has 0 spiro atoms. The summed E-state index contributed by atoms with van der Waals surface area (Å²) in [6, 6.07) is -7.82. The Morgan fingerprint density at radius 3 is 1.31 bits per heavy atom. The maximum absolute atomic E-state index is 14.2. The zero-order valence-electron chi connectivity index (χ0n) is 74.5. The fraction of sp³-hybridized carbons (Fsp3) is 0.918. The number of carboxylic acid groups (broad SMARTS) is 3. The lowest BCUT2D eigenvalue weighted by Gasteiger charge is -2.52. The minimum absolute atomic E-state index is 0.0191. The molecule has 1 unspecified atom stereocenters. The molecule has 0 bridgehead atoms. The molecule has 0 aliphatic carbocycles. The quantitative estimate of drug-likeness (QED) is 0.0272. The maximum atomic E-state index is 14.2. The third kappa shape index (κ3) is 34.8. The zero-order valence-corrected chi connectivity index (χ0v) is 74.5. The second kappa shape index (κ2) is 57.8. The molecule has 5 fully saturated rings. The van der Waals surface area contributed by atoms with Crippen molar-refractivity contribution in [3.63, 3.8) is 0 Å². The van der Waals surface area contributed by atoms with Gasteiger partial charge in [0.1, 0.15) is 116 Å². The van der Waals surface area contributed by atoms with E-state index in [-0.39, 0.29) is 12.8 Å². The van der Waals surface area contributed by atoms with Crippen molar-refractivity contribution >= 4 is 41.5 Å². The minimum atomic E-state index is -3.60. The molecule has 43 heteroatoms. The van der Waals surface area contributed by atoms with Crippen LogP contribution in [-0.4, -0.2) is 389 Å². The summed E-state index contributed by atoms with van der Waals surface area (Å²) in [5.74, 6) is -21.0. The van der Waals surface area contributed by atoms with Crippen LogP contribution < -0.4 is 21.3 Å². The number of hydrogen-bond acceptors (Lipinski definition) is 36. The van der Waals surface area contributed by atoms with E-state index in [0.717, 1.165) is 90.9 Å². The van der Waals surface area contributed by atoms with Gasteiger partial charge in [0.15, 0.2) is 12.6 Å². The van der Waals surface area contributed by atoms with Gasteiger partial charge in [0, 0.05) is 33.1 Å². The smallest absolute Gasteiger partial charge is 0.364 e. The molecule has 26 N–H and O–H groups in total. The van der Waals surface area contributed by atoms with Crippen LogP contribution in [0.25, 0.3) is 0 Å². The van der Waals surface area contributed by atoms with Gasteiger partial charge in [-0.15, -0.1) is 0 Å². The highest BCUT2D eigenvalue weighted by Crippen LogP contribution is 2.43. The van der Waals surface area contributed by atoms with Gasteiger partial charge >= 0.3 is 17.9 Å². The van der Waals surface area contributed by atoms with Gasteiger partial charge in [0.05, 0.1) is 88.2 Å². The molecule has 4 amide bonds. The number of rotatable bonds is 64. The summed E-state index contributed by atoms with van der Waals surface area (Å²) < 4.78 is 58.0.